The van der Waals surface area contributed by atoms with Gasteiger partial charge in [-0.3, -0.25) is 4.79 Å². The summed E-state index contributed by atoms with van der Waals surface area (Å²) in [6, 6.07) is 0. The molecule has 3 heteroatoms. The van der Waals surface area contributed by atoms with Crippen LogP contribution in [0.5, 0.6) is 0 Å². The molecule has 2 fully saturated rings. The monoisotopic (exact) mass is 281 g/mol. The molecule has 2 rings (SSSR count). The fraction of sp³-hybridized carbons (Fsp3) is 0.941. The first kappa shape index (κ1) is 15.8. The maximum absolute atomic E-state index is 12.2. The zero-order valence-electron chi connectivity index (χ0n) is 13.3. The van der Waals surface area contributed by atoms with Gasteiger partial charge in [-0.25, -0.2) is 0 Å². The minimum absolute atomic E-state index is 0.0729. The Labute approximate surface area is 124 Å². The molecule has 1 saturated carbocycles. The highest BCUT2D eigenvalue weighted by molar-refractivity contribution is 5.76. The van der Waals surface area contributed by atoms with Crippen LogP contribution in [0.25, 0.3) is 0 Å². The van der Waals surface area contributed by atoms with Gasteiger partial charge in [0.1, 0.15) is 0 Å². The van der Waals surface area contributed by atoms with E-state index in [1.165, 1.54) is 32.1 Å². The summed E-state index contributed by atoms with van der Waals surface area (Å²) in [6.07, 6.45) is 9.66. The van der Waals surface area contributed by atoms with E-state index in [2.05, 4.69) is 6.92 Å². The van der Waals surface area contributed by atoms with Gasteiger partial charge in [0.05, 0.1) is 12.5 Å². The smallest absolute Gasteiger partial charge is 0.225 e. The van der Waals surface area contributed by atoms with Crippen molar-refractivity contribution in [1.82, 2.24) is 4.90 Å². The van der Waals surface area contributed by atoms with Crippen molar-refractivity contribution in [2.24, 2.45) is 11.8 Å². The Morgan fingerprint density at radius 3 is 2.45 bits per heavy atom. The molecule has 1 aliphatic carbocycles. The highest BCUT2D eigenvalue weighted by Crippen LogP contribution is 2.24. The Hall–Kier alpha value is -0.570. The lowest BCUT2D eigenvalue weighted by Crippen LogP contribution is -2.39. The molecule has 0 spiro atoms. The summed E-state index contributed by atoms with van der Waals surface area (Å²) in [4.78, 5) is 14.2. The van der Waals surface area contributed by atoms with E-state index >= 15 is 0 Å². The van der Waals surface area contributed by atoms with Gasteiger partial charge in [0.15, 0.2) is 0 Å². The molecule has 1 heterocycles. The Morgan fingerprint density at radius 1 is 1.15 bits per heavy atom. The Kier molecular flexibility index (Phi) is 6.34. The van der Waals surface area contributed by atoms with Gasteiger partial charge in [0.2, 0.25) is 5.91 Å². The fourth-order valence-corrected chi connectivity index (χ4v) is 3.35. The summed E-state index contributed by atoms with van der Waals surface area (Å²) >= 11 is 0. The molecule has 3 nitrogen and oxygen atoms in total. The van der Waals surface area contributed by atoms with E-state index in [1.54, 1.807) is 0 Å². The molecule has 1 aliphatic heterocycles. The van der Waals surface area contributed by atoms with Crippen molar-refractivity contribution >= 4 is 5.91 Å². The average molecular weight is 281 g/mol. The van der Waals surface area contributed by atoms with Gasteiger partial charge in [-0.15, -0.1) is 0 Å². The van der Waals surface area contributed by atoms with Crippen LogP contribution in [-0.2, 0) is 9.53 Å². The molecule has 20 heavy (non-hydrogen) atoms. The van der Waals surface area contributed by atoms with Gasteiger partial charge >= 0.3 is 0 Å². The minimum atomic E-state index is 0.0729. The van der Waals surface area contributed by atoms with E-state index in [1.807, 2.05) is 11.8 Å². The SMILES string of the molecule is CC1CCN(C(=O)C[C@@H](C)OCC2CCCCC2)CC1. The van der Waals surface area contributed by atoms with Crippen LogP contribution >= 0.6 is 0 Å². The van der Waals surface area contributed by atoms with Crippen LogP contribution in [0.15, 0.2) is 0 Å². The average Bonchev–Trinajstić information content (AvgIpc) is 2.47. The third-order valence-electron chi connectivity index (χ3n) is 4.94. The highest BCUT2D eigenvalue weighted by Gasteiger charge is 2.22. The van der Waals surface area contributed by atoms with Crippen LogP contribution in [0.3, 0.4) is 0 Å². The molecule has 0 N–H and O–H groups in total. The van der Waals surface area contributed by atoms with Gasteiger partial charge in [-0.1, -0.05) is 26.2 Å². The van der Waals surface area contributed by atoms with Gasteiger partial charge in [-0.2, -0.15) is 0 Å². The van der Waals surface area contributed by atoms with E-state index in [9.17, 15) is 4.79 Å². The minimum Gasteiger partial charge on any atom is -0.378 e. The quantitative estimate of drug-likeness (QED) is 0.770. The Morgan fingerprint density at radius 2 is 1.80 bits per heavy atom. The summed E-state index contributed by atoms with van der Waals surface area (Å²) in [5.74, 6) is 1.80. The highest BCUT2D eigenvalue weighted by atomic mass is 16.5. The third-order valence-corrected chi connectivity index (χ3v) is 4.94. The molecule has 1 amide bonds. The zero-order chi connectivity index (χ0) is 14.4. The van der Waals surface area contributed by atoms with E-state index in [0.717, 1.165) is 44.4 Å². The van der Waals surface area contributed by atoms with E-state index in [0.29, 0.717) is 6.42 Å². The van der Waals surface area contributed by atoms with Crippen LogP contribution in [0.4, 0.5) is 0 Å². The normalized spacial score (nSPS) is 23.8. The lowest BCUT2D eigenvalue weighted by molar-refractivity contribution is -0.135. The molecule has 0 radical (unpaired) electrons. The molecular weight excluding hydrogens is 250 g/mol. The maximum Gasteiger partial charge on any atom is 0.225 e. The number of nitrogens with zero attached hydrogens (tertiary/aromatic N) is 1. The maximum atomic E-state index is 12.2. The van der Waals surface area contributed by atoms with Crippen LogP contribution in [0.1, 0.15) is 65.2 Å². The third kappa shape index (κ3) is 5.08. The van der Waals surface area contributed by atoms with E-state index in [-0.39, 0.29) is 12.0 Å². The zero-order valence-corrected chi connectivity index (χ0v) is 13.3. The van der Waals surface area contributed by atoms with Gasteiger partial charge < -0.3 is 9.64 Å². The summed E-state index contributed by atoms with van der Waals surface area (Å²) in [6.45, 7) is 7.06. The molecular formula is C17H31NO2. The molecule has 1 atom stereocenters. The first-order chi connectivity index (χ1) is 9.65. The molecule has 0 bridgehead atoms. The van der Waals surface area contributed by atoms with Crippen molar-refractivity contribution in [2.75, 3.05) is 19.7 Å². The van der Waals surface area contributed by atoms with E-state index < -0.39 is 0 Å². The van der Waals surface area contributed by atoms with Crippen molar-refractivity contribution in [3.63, 3.8) is 0 Å². The van der Waals surface area contributed by atoms with Crippen molar-refractivity contribution in [2.45, 2.75) is 71.3 Å². The number of piperidine rings is 1. The number of rotatable bonds is 5. The van der Waals surface area contributed by atoms with Crippen molar-refractivity contribution in [3.05, 3.63) is 0 Å². The van der Waals surface area contributed by atoms with Gasteiger partial charge in [0, 0.05) is 19.7 Å². The summed E-state index contributed by atoms with van der Waals surface area (Å²) in [5, 5.41) is 0. The molecule has 1 saturated heterocycles. The summed E-state index contributed by atoms with van der Waals surface area (Å²) in [5.41, 5.74) is 0. The van der Waals surface area contributed by atoms with E-state index in [4.69, 9.17) is 4.74 Å². The predicted octanol–water partition coefficient (Wildman–Crippen LogP) is 3.62. The molecule has 116 valence electrons. The van der Waals surface area contributed by atoms with Crippen LogP contribution < -0.4 is 0 Å². The number of hydrogen-bond acceptors (Lipinski definition) is 2. The number of likely N-dealkylation sites (tertiary alicyclic amines) is 1. The second-order valence-corrected chi connectivity index (χ2v) is 6.92. The predicted molar refractivity (Wildman–Crippen MR) is 81.6 cm³/mol. The number of hydrogen-bond donors (Lipinski definition) is 0. The topological polar surface area (TPSA) is 29.5 Å². The fourth-order valence-electron chi connectivity index (χ4n) is 3.35. The van der Waals surface area contributed by atoms with Gasteiger partial charge in [-0.05, 0) is 44.4 Å². The number of amides is 1. The molecule has 0 aromatic heterocycles. The van der Waals surface area contributed by atoms with Gasteiger partial charge in [0.25, 0.3) is 0 Å². The summed E-state index contributed by atoms with van der Waals surface area (Å²) < 4.78 is 5.92. The lowest BCUT2D eigenvalue weighted by atomic mass is 9.90. The Bertz CT molecular complexity index is 291. The largest absolute Gasteiger partial charge is 0.378 e. The molecule has 0 aromatic carbocycles. The van der Waals surface area contributed by atoms with Crippen molar-refractivity contribution < 1.29 is 9.53 Å². The second kappa shape index (κ2) is 8.02. The van der Waals surface area contributed by atoms with Crippen molar-refractivity contribution in [3.8, 4) is 0 Å². The molecule has 0 unspecified atom stereocenters. The number of carbonyl (C=O) groups excluding carboxylic acids is 1. The standard InChI is InChI=1S/C17H31NO2/c1-14-8-10-18(11-9-14)17(19)12-15(2)20-13-16-6-4-3-5-7-16/h14-16H,3-13H2,1-2H3/t15-/m1/s1. The second-order valence-electron chi connectivity index (χ2n) is 6.92. The Balaban J connectivity index is 1.63. The summed E-state index contributed by atoms with van der Waals surface area (Å²) in [7, 11) is 0. The lowest BCUT2D eigenvalue weighted by Gasteiger charge is -2.31. The van der Waals surface area contributed by atoms with Crippen LogP contribution in [-0.4, -0.2) is 36.6 Å². The number of ether oxygens (including phenoxy) is 1. The molecule has 0 aromatic rings. The molecule has 2 aliphatic rings. The first-order valence-electron chi connectivity index (χ1n) is 8.54. The van der Waals surface area contributed by atoms with Crippen LogP contribution in [0, 0.1) is 11.8 Å². The van der Waals surface area contributed by atoms with Crippen LogP contribution in [0.2, 0.25) is 0 Å². The first-order valence-corrected chi connectivity index (χ1v) is 8.54. The number of carbonyl (C=O) groups is 1. The van der Waals surface area contributed by atoms with Crippen molar-refractivity contribution in [1.29, 1.82) is 0 Å².